The van der Waals surface area contributed by atoms with Gasteiger partial charge in [-0.2, -0.15) is 5.10 Å². The Hall–Kier alpha value is -3.24. The molecule has 2 aromatic heterocycles. The van der Waals surface area contributed by atoms with Gasteiger partial charge in [-0.1, -0.05) is 0 Å². The first kappa shape index (κ1) is 22.5. The number of nitrogens with zero attached hydrogens (tertiary/aromatic N) is 5. The highest BCUT2D eigenvalue weighted by molar-refractivity contribution is 5.90. The number of aromatic nitrogens is 4. The first-order valence-electron chi connectivity index (χ1n) is 12.1. The molecule has 0 radical (unpaired) electrons. The molecule has 2 fully saturated rings. The van der Waals surface area contributed by atoms with Gasteiger partial charge in [-0.25, -0.2) is 19.4 Å². The maximum atomic E-state index is 12.1. The van der Waals surface area contributed by atoms with Crippen molar-refractivity contribution < 1.29 is 9.53 Å². The quantitative estimate of drug-likeness (QED) is 0.440. The van der Waals surface area contributed by atoms with Gasteiger partial charge in [0.15, 0.2) is 11.5 Å². The molecule has 10 heteroatoms. The number of hydrogen-bond acceptors (Lipinski definition) is 7. The SMILES string of the molecule is CCn1ncc2c(N3CC4CCC(C3)O4)nc(-c3ccc(NC(=O)NCCCNC)cc3)nc21. The molecule has 2 atom stereocenters. The summed E-state index contributed by atoms with van der Waals surface area (Å²) in [7, 11) is 1.90. The highest BCUT2D eigenvalue weighted by Gasteiger charge is 2.35. The molecular formula is C24H32N8O2. The summed E-state index contributed by atoms with van der Waals surface area (Å²) in [5, 5.41) is 14.3. The van der Waals surface area contributed by atoms with Gasteiger partial charge in [0.05, 0.1) is 23.8 Å². The van der Waals surface area contributed by atoms with Crippen LogP contribution in [0.25, 0.3) is 22.4 Å². The van der Waals surface area contributed by atoms with E-state index in [9.17, 15) is 4.79 Å². The fraction of sp³-hybridized carbons (Fsp3) is 0.500. The Morgan fingerprint density at radius 2 is 1.88 bits per heavy atom. The molecule has 2 amide bonds. The summed E-state index contributed by atoms with van der Waals surface area (Å²) in [6.45, 7) is 5.96. The fourth-order valence-corrected chi connectivity index (χ4v) is 4.67. The zero-order valence-electron chi connectivity index (χ0n) is 19.8. The van der Waals surface area contributed by atoms with E-state index >= 15 is 0 Å². The summed E-state index contributed by atoms with van der Waals surface area (Å²) in [6.07, 6.45) is 5.50. The van der Waals surface area contributed by atoms with Gasteiger partial charge in [0, 0.05) is 37.4 Å². The second kappa shape index (κ2) is 9.94. The molecule has 1 aromatic carbocycles. The molecule has 34 heavy (non-hydrogen) atoms. The van der Waals surface area contributed by atoms with Crippen LogP contribution in [-0.2, 0) is 11.3 Å². The minimum Gasteiger partial charge on any atom is -0.371 e. The Morgan fingerprint density at radius 3 is 2.59 bits per heavy atom. The number of urea groups is 1. The van der Waals surface area contributed by atoms with Crippen LogP contribution in [-0.4, -0.2) is 71.2 Å². The molecule has 4 heterocycles. The third-order valence-electron chi connectivity index (χ3n) is 6.41. The molecule has 10 nitrogen and oxygen atoms in total. The highest BCUT2D eigenvalue weighted by atomic mass is 16.5. The monoisotopic (exact) mass is 464 g/mol. The standard InChI is InChI=1S/C24H32N8O2/c1-3-32-23-20(13-27-32)22(31-14-18-9-10-19(15-31)34-18)29-21(30-23)16-5-7-17(8-6-16)28-24(33)26-12-4-11-25-2/h5-8,13,18-19,25H,3-4,9-12,14-15H2,1-2H3,(H2,26,28,33). The van der Waals surface area contributed by atoms with E-state index in [1.54, 1.807) is 0 Å². The lowest BCUT2D eigenvalue weighted by molar-refractivity contribution is 0.0303. The van der Waals surface area contributed by atoms with E-state index in [-0.39, 0.29) is 18.2 Å². The number of fused-ring (bicyclic) bond motifs is 3. The zero-order chi connectivity index (χ0) is 23.5. The van der Waals surface area contributed by atoms with Gasteiger partial charge in [0.1, 0.15) is 5.82 Å². The molecule has 0 spiro atoms. The van der Waals surface area contributed by atoms with Crippen LogP contribution in [0.3, 0.4) is 0 Å². The lowest BCUT2D eigenvalue weighted by Crippen LogP contribution is -2.43. The Labute approximate surface area is 199 Å². The molecule has 0 saturated carbocycles. The van der Waals surface area contributed by atoms with Crippen molar-refractivity contribution in [3.8, 4) is 11.4 Å². The molecule has 2 bridgehead atoms. The van der Waals surface area contributed by atoms with Crippen molar-refractivity contribution in [1.29, 1.82) is 0 Å². The first-order chi connectivity index (χ1) is 16.6. The van der Waals surface area contributed by atoms with Crippen molar-refractivity contribution in [2.24, 2.45) is 0 Å². The van der Waals surface area contributed by atoms with Crippen molar-refractivity contribution in [3.05, 3.63) is 30.5 Å². The van der Waals surface area contributed by atoms with E-state index in [0.29, 0.717) is 12.4 Å². The summed E-state index contributed by atoms with van der Waals surface area (Å²) in [4.78, 5) is 24.3. The Morgan fingerprint density at radius 1 is 1.12 bits per heavy atom. The highest BCUT2D eigenvalue weighted by Crippen LogP contribution is 2.33. The van der Waals surface area contributed by atoms with Gasteiger partial charge in [0.25, 0.3) is 0 Å². The summed E-state index contributed by atoms with van der Waals surface area (Å²) >= 11 is 0. The molecule has 2 aliphatic heterocycles. The van der Waals surface area contributed by atoms with Crippen LogP contribution < -0.4 is 20.9 Å². The minimum absolute atomic E-state index is 0.211. The van der Waals surface area contributed by atoms with Gasteiger partial charge < -0.3 is 25.6 Å². The third kappa shape index (κ3) is 4.69. The van der Waals surface area contributed by atoms with Gasteiger partial charge in [0.2, 0.25) is 0 Å². The molecule has 2 aliphatic rings. The van der Waals surface area contributed by atoms with E-state index in [1.165, 1.54) is 0 Å². The molecule has 2 saturated heterocycles. The number of carbonyl (C=O) groups excluding carboxylic acids is 1. The van der Waals surface area contributed by atoms with Crippen LogP contribution >= 0.6 is 0 Å². The number of nitrogens with one attached hydrogen (secondary N) is 3. The Balaban J connectivity index is 1.38. The predicted molar refractivity (Wildman–Crippen MR) is 132 cm³/mol. The number of ether oxygens (including phenoxy) is 1. The zero-order valence-corrected chi connectivity index (χ0v) is 19.8. The topological polar surface area (TPSA) is 109 Å². The van der Waals surface area contributed by atoms with E-state index in [0.717, 1.165) is 73.5 Å². The number of benzene rings is 1. The predicted octanol–water partition coefficient (Wildman–Crippen LogP) is 2.61. The fourth-order valence-electron chi connectivity index (χ4n) is 4.67. The number of carbonyl (C=O) groups is 1. The van der Waals surface area contributed by atoms with E-state index in [2.05, 4.69) is 32.9 Å². The first-order valence-corrected chi connectivity index (χ1v) is 12.1. The van der Waals surface area contributed by atoms with Crippen LogP contribution in [0.4, 0.5) is 16.3 Å². The number of rotatable bonds is 8. The minimum atomic E-state index is -0.211. The van der Waals surface area contributed by atoms with Crippen molar-refractivity contribution in [1.82, 2.24) is 30.4 Å². The normalized spacial score (nSPS) is 19.5. The lowest BCUT2D eigenvalue weighted by Gasteiger charge is -2.33. The average molecular weight is 465 g/mol. The van der Waals surface area contributed by atoms with Gasteiger partial charge in [-0.15, -0.1) is 0 Å². The Bertz CT molecular complexity index is 1130. The average Bonchev–Trinajstić information content (AvgIpc) is 3.43. The summed E-state index contributed by atoms with van der Waals surface area (Å²) < 4.78 is 7.95. The smallest absolute Gasteiger partial charge is 0.319 e. The second-order valence-corrected chi connectivity index (χ2v) is 8.85. The molecule has 180 valence electrons. The van der Waals surface area contributed by atoms with E-state index in [4.69, 9.17) is 14.7 Å². The summed E-state index contributed by atoms with van der Waals surface area (Å²) in [5.41, 5.74) is 2.45. The number of hydrogen-bond donors (Lipinski definition) is 3. The summed E-state index contributed by atoms with van der Waals surface area (Å²) in [6, 6.07) is 7.43. The maximum absolute atomic E-state index is 12.1. The van der Waals surface area contributed by atoms with Crippen LogP contribution in [0.5, 0.6) is 0 Å². The molecule has 3 aromatic rings. The van der Waals surface area contributed by atoms with Gasteiger partial charge >= 0.3 is 6.03 Å². The van der Waals surface area contributed by atoms with Crippen LogP contribution in [0.2, 0.25) is 0 Å². The van der Waals surface area contributed by atoms with E-state index in [1.807, 2.05) is 42.2 Å². The maximum Gasteiger partial charge on any atom is 0.319 e. The largest absolute Gasteiger partial charge is 0.371 e. The van der Waals surface area contributed by atoms with E-state index < -0.39 is 0 Å². The number of aryl methyl sites for hydroxylation is 1. The molecule has 2 unspecified atom stereocenters. The third-order valence-corrected chi connectivity index (χ3v) is 6.41. The lowest BCUT2D eigenvalue weighted by atomic mass is 10.2. The van der Waals surface area contributed by atoms with Crippen molar-refractivity contribution in [3.63, 3.8) is 0 Å². The van der Waals surface area contributed by atoms with Crippen LogP contribution in [0.1, 0.15) is 26.2 Å². The Kier molecular flexibility index (Phi) is 6.59. The molecular weight excluding hydrogens is 432 g/mol. The van der Waals surface area contributed by atoms with Gasteiger partial charge in [-0.05, 0) is 64.0 Å². The number of morpholine rings is 1. The van der Waals surface area contributed by atoms with Crippen molar-refractivity contribution in [2.75, 3.05) is 43.4 Å². The molecule has 0 aliphatic carbocycles. The molecule has 3 N–H and O–H groups in total. The molecule has 5 rings (SSSR count). The van der Waals surface area contributed by atoms with Crippen molar-refractivity contribution >= 4 is 28.6 Å². The summed E-state index contributed by atoms with van der Waals surface area (Å²) in [5.74, 6) is 1.57. The van der Waals surface area contributed by atoms with Crippen LogP contribution in [0, 0.1) is 0 Å². The second-order valence-electron chi connectivity index (χ2n) is 8.85. The van der Waals surface area contributed by atoms with Gasteiger partial charge in [-0.3, -0.25) is 0 Å². The van der Waals surface area contributed by atoms with Crippen molar-refractivity contribution in [2.45, 2.75) is 44.9 Å². The van der Waals surface area contributed by atoms with Crippen LogP contribution in [0.15, 0.2) is 30.5 Å². The number of anilines is 2. The number of amides is 2.